The molecule has 3 rings (SSSR count). The maximum Gasteiger partial charge on any atom is 0.262 e. The zero-order valence-electron chi connectivity index (χ0n) is 12.5. The van der Waals surface area contributed by atoms with Gasteiger partial charge in [-0.2, -0.15) is 0 Å². The predicted octanol–water partition coefficient (Wildman–Crippen LogP) is 1.51. The van der Waals surface area contributed by atoms with E-state index in [1.54, 1.807) is 29.9 Å². The number of nitrogens with two attached hydrogens (primary N) is 1. The minimum Gasteiger partial charge on any atom is -0.342 e. The van der Waals surface area contributed by atoms with E-state index in [1.165, 1.54) is 12.1 Å². The number of anilines is 1. The highest BCUT2D eigenvalue weighted by Crippen LogP contribution is 2.19. The van der Waals surface area contributed by atoms with Gasteiger partial charge >= 0.3 is 0 Å². The monoisotopic (exact) mass is 302 g/mol. The van der Waals surface area contributed by atoms with Crippen LogP contribution in [0.2, 0.25) is 0 Å². The Morgan fingerprint density at radius 3 is 2.50 bits per heavy atom. The summed E-state index contributed by atoms with van der Waals surface area (Å²) in [4.78, 5) is 19.1. The number of aromatic nitrogens is 2. The van der Waals surface area contributed by atoms with Crippen molar-refractivity contribution in [1.29, 1.82) is 0 Å². The fourth-order valence-electron chi connectivity index (χ4n) is 2.76. The summed E-state index contributed by atoms with van der Waals surface area (Å²) in [6.45, 7) is 1.61. The zero-order valence-corrected chi connectivity index (χ0v) is 12.5. The minimum atomic E-state index is -0.324. The first-order chi connectivity index (χ1) is 10.6. The van der Waals surface area contributed by atoms with Gasteiger partial charge in [0.1, 0.15) is 5.82 Å². The standard InChI is InChI=1S/C16H19FN4O/c1-20-15(22)14(11-2-4-12(17)5-3-11)10-19-16(20)21-8-6-13(18)7-9-21/h2-5,10,13H,6-9,18H2,1H3. The number of piperidine rings is 1. The average molecular weight is 302 g/mol. The molecule has 2 heterocycles. The summed E-state index contributed by atoms with van der Waals surface area (Å²) < 4.78 is 14.6. The average Bonchev–Trinajstić information content (AvgIpc) is 2.52. The second-order valence-electron chi connectivity index (χ2n) is 5.67. The van der Waals surface area contributed by atoms with Crippen molar-refractivity contribution in [3.8, 4) is 11.1 Å². The van der Waals surface area contributed by atoms with Gasteiger partial charge in [0.15, 0.2) is 0 Å². The van der Waals surface area contributed by atoms with Crippen molar-refractivity contribution in [1.82, 2.24) is 9.55 Å². The summed E-state index contributed by atoms with van der Waals surface area (Å²) in [7, 11) is 1.71. The van der Waals surface area contributed by atoms with Crippen molar-refractivity contribution in [2.45, 2.75) is 18.9 Å². The Hall–Kier alpha value is -2.21. The summed E-state index contributed by atoms with van der Waals surface area (Å²) >= 11 is 0. The van der Waals surface area contributed by atoms with Crippen LogP contribution in [0.1, 0.15) is 12.8 Å². The number of rotatable bonds is 2. The quantitative estimate of drug-likeness (QED) is 0.913. The van der Waals surface area contributed by atoms with Crippen LogP contribution in [-0.4, -0.2) is 28.7 Å². The first-order valence-electron chi connectivity index (χ1n) is 7.39. The lowest BCUT2D eigenvalue weighted by molar-refractivity contribution is 0.490. The molecule has 6 heteroatoms. The molecule has 1 saturated heterocycles. The number of hydrogen-bond donors (Lipinski definition) is 1. The van der Waals surface area contributed by atoms with Crippen LogP contribution in [0.25, 0.3) is 11.1 Å². The van der Waals surface area contributed by atoms with Crippen molar-refractivity contribution in [2.75, 3.05) is 18.0 Å². The van der Waals surface area contributed by atoms with Crippen molar-refractivity contribution in [3.05, 3.63) is 46.6 Å². The summed E-state index contributed by atoms with van der Waals surface area (Å²) in [5.74, 6) is 0.331. The number of hydrogen-bond acceptors (Lipinski definition) is 4. The molecule has 116 valence electrons. The van der Waals surface area contributed by atoms with E-state index in [1.807, 2.05) is 0 Å². The smallest absolute Gasteiger partial charge is 0.262 e. The molecule has 0 saturated carbocycles. The first-order valence-corrected chi connectivity index (χ1v) is 7.39. The Labute approximate surface area is 128 Å². The van der Waals surface area contributed by atoms with Gasteiger partial charge in [0.05, 0.1) is 5.56 Å². The van der Waals surface area contributed by atoms with Crippen LogP contribution in [0, 0.1) is 5.82 Å². The summed E-state index contributed by atoms with van der Waals surface area (Å²) in [6.07, 6.45) is 3.37. The van der Waals surface area contributed by atoms with E-state index in [0.29, 0.717) is 17.1 Å². The van der Waals surface area contributed by atoms with E-state index in [9.17, 15) is 9.18 Å². The molecule has 1 aromatic heterocycles. The second kappa shape index (κ2) is 5.88. The van der Waals surface area contributed by atoms with Crippen LogP contribution in [-0.2, 0) is 7.05 Å². The predicted molar refractivity (Wildman–Crippen MR) is 84.3 cm³/mol. The molecule has 1 fully saturated rings. The zero-order chi connectivity index (χ0) is 15.7. The lowest BCUT2D eigenvalue weighted by atomic mass is 10.1. The molecule has 0 unspecified atom stereocenters. The van der Waals surface area contributed by atoms with E-state index in [4.69, 9.17) is 5.73 Å². The number of nitrogens with zero attached hydrogens (tertiary/aromatic N) is 3. The van der Waals surface area contributed by atoms with Crippen LogP contribution in [0.15, 0.2) is 35.3 Å². The molecule has 2 aromatic rings. The maximum atomic E-state index is 13.0. The van der Waals surface area contributed by atoms with E-state index in [2.05, 4.69) is 9.88 Å². The van der Waals surface area contributed by atoms with E-state index < -0.39 is 0 Å². The van der Waals surface area contributed by atoms with Gasteiger partial charge in [-0.1, -0.05) is 12.1 Å². The molecule has 1 aliphatic heterocycles. The molecule has 22 heavy (non-hydrogen) atoms. The molecule has 0 aliphatic carbocycles. The summed E-state index contributed by atoms with van der Waals surface area (Å²) in [5.41, 5.74) is 6.92. The first kappa shape index (κ1) is 14.7. The third-order valence-corrected chi connectivity index (χ3v) is 4.12. The van der Waals surface area contributed by atoms with Crippen LogP contribution < -0.4 is 16.2 Å². The Morgan fingerprint density at radius 2 is 1.86 bits per heavy atom. The summed E-state index contributed by atoms with van der Waals surface area (Å²) in [6, 6.07) is 6.09. The highest BCUT2D eigenvalue weighted by Gasteiger charge is 2.20. The highest BCUT2D eigenvalue weighted by molar-refractivity contribution is 5.62. The number of halogens is 1. The molecular weight excluding hydrogens is 283 g/mol. The fourth-order valence-corrected chi connectivity index (χ4v) is 2.76. The highest BCUT2D eigenvalue weighted by atomic mass is 19.1. The Bertz CT molecular complexity index is 718. The van der Waals surface area contributed by atoms with Crippen LogP contribution in [0.3, 0.4) is 0 Å². The lowest BCUT2D eigenvalue weighted by Crippen LogP contribution is -2.42. The van der Waals surface area contributed by atoms with Crippen LogP contribution in [0.4, 0.5) is 10.3 Å². The van der Waals surface area contributed by atoms with Crippen molar-refractivity contribution < 1.29 is 4.39 Å². The lowest BCUT2D eigenvalue weighted by Gasteiger charge is -2.31. The minimum absolute atomic E-state index is 0.133. The van der Waals surface area contributed by atoms with Crippen molar-refractivity contribution >= 4 is 5.95 Å². The summed E-state index contributed by atoms with van der Waals surface area (Å²) in [5, 5.41) is 0. The van der Waals surface area contributed by atoms with E-state index in [0.717, 1.165) is 25.9 Å². The van der Waals surface area contributed by atoms with Crippen molar-refractivity contribution in [3.63, 3.8) is 0 Å². The topological polar surface area (TPSA) is 64.2 Å². The van der Waals surface area contributed by atoms with Gasteiger partial charge in [-0.15, -0.1) is 0 Å². The van der Waals surface area contributed by atoms with E-state index >= 15 is 0 Å². The molecule has 0 spiro atoms. The maximum absolute atomic E-state index is 13.0. The third-order valence-electron chi connectivity index (χ3n) is 4.12. The van der Waals surface area contributed by atoms with Gasteiger partial charge in [0.2, 0.25) is 5.95 Å². The van der Waals surface area contributed by atoms with Gasteiger partial charge in [0, 0.05) is 32.4 Å². The van der Waals surface area contributed by atoms with Crippen molar-refractivity contribution in [2.24, 2.45) is 12.8 Å². The Morgan fingerprint density at radius 1 is 1.23 bits per heavy atom. The van der Waals surface area contributed by atoms with Gasteiger partial charge in [-0.3, -0.25) is 9.36 Å². The Balaban J connectivity index is 1.95. The Kier molecular flexibility index (Phi) is 3.94. The number of benzene rings is 1. The third kappa shape index (κ3) is 2.74. The molecule has 1 aromatic carbocycles. The molecular formula is C16H19FN4O. The van der Waals surface area contributed by atoms with Gasteiger partial charge in [0.25, 0.3) is 5.56 Å². The van der Waals surface area contributed by atoms with E-state index in [-0.39, 0.29) is 17.4 Å². The van der Waals surface area contributed by atoms with Gasteiger partial charge in [-0.05, 0) is 30.5 Å². The molecule has 0 amide bonds. The van der Waals surface area contributed by atoms with Gasteiger partial charge in [-0.25, -0.2) is 9.37 Å². The SMILES string of the molecule is Cn1c(N2CCC(N)CC2)ncc(-c2ccc(F)cc2)c1=O. The molecule has 0 radical (unpaired) electrons. The molecule has 0 bridgehead atoms. The molecule has 2 N–H and O–H groups in total. The van der Waals surface area contributed by atoms with Crippen LogP contribution >= 0.6 is 0 Å². The normalized spacial score (nSPS) is 16.0. The van der Waals surface area contributed by atoms with Gasteiger partial charge < -0.3 is 10.6 Å². The van der Waals surface area contributed by atoms with Crippen LogP contribution in [0.5, 0.6) is 0 Å². The molecule has 5 nitrogen and oxygen atoms in total. The molecule has 0 atom stereocenters. The molecule has 1 aliphatic rings. The second-order valence-corrected chi connectivity index (χ2v) is 5.67. The largest absolute Gasteiger partial charge is 0.342 e. The fraction of sp³-hybridized carbons (Fsp3) is 0.375.